The van der Waals surface area contributed by atoms with Gasteiger partial charge in [-0.15, -0.1) is 12.8 Å². The SMILES string of the molecule is C=CC(=O)O[CH-]CC.C=CC(=O)O[CH-]CC.[Mg+2]. The first-order valence-electron chi connectivity index (χ1n) is 4.91. The molecule has 92 valence electrons. The average Bonchev–Trinajstić information content (AvgIpc) is 2.33. The number of carbonyl (C=O) groups excluding carboxylic acids is 2. The Morgan fingerprint density at radius 2 is 1.29 bits per heavy atom. The van der Waals surface area contributed by atoms with Gasteiger partial charge in [0.2, 0.25) is 0 Å². The van der Waals surface area contributed by atoms with E-state index in [2.05, 4.69) is 22.6 Å². The topological polar surface area (TPSA) is 52.6 Å². The first-order valence-corrected chi connectivity index (χ1v) is 4.91. The number of hydrogen-bond acceptors (Lipinski definition) is 4. The molecular weight excluding hydrogens is 232 g/mol. The summed E-state index contributed by atoms with van der Waals surface area (Å²) in [5.41, 5.74) is 0. The Hall–Kier alpha value is -0.814. The van der Waals surface area contributed by atoms with Crippen LogP contribution in [0.15, 0.2) is 25.3 Å². The molecule has 4 nitrogen and oxygen atoms in total. The van der Waals surface area contributed by atoms with Crippen molar-refractivity contribution in [3.8, 4) is 0 Å². The Morgan fingerprint density at radius 1 is 1.00 bits per heavy atom. The van der Waals surface area contributed by atoms with Crippen LogP contribution in [0, 0.1) is 13.2 Å². The zero-order valence-corrected chi connectivity index (χ0v) is 11.9. The minimum Gasteiger partial charge on any atom is -0.634 e. The molecule has 0 spiro atoms. The summed E-state index contributed by atoms with van der Waals surface area (Å²) in [6.07, 6.45) is 3.73. The smallest absolute Gasteiger partial charge is 0.634 e. The number of esters is 2. The van der Waals surface area contributed by atoms with Crippen LogP contribution in [0.4, 0.5) is 0 Å². The molecule has 0 aromatic heterocycles. The van der Waals surface area contributed by atoms with Gasteiger partial charge in [0.05, 0.1) is 0 Å². The molecular formula is C12H18MgO4. The Bertz CT molecular complexity index is 203. The van der Waals surface area contributed by atoms with Crippen molar-refractivity contribution in [1.82, 2.24) is 0 Å². The molecule has 0 amide bonds. The van der Waals surface area contributed by atoms with Gasteiger partial charge in [0.1, 0.15) is 0 Å². The van der Waals surface area contributed by atoms with E-state index in [1.54, 1.807) is 0 Å². The summed E-state index contributed by atoms with van der Waals surface area (Å²) in [5, 5.41) is 0. The van der Waals surface area contributed by atoms with E-state index in [9.17, 15) is 9.59 Å². The van der Waals surface area contributed by atoms with E-state index < -0.39 is 11.9 Å². The maximum Gasteiger partial charge on any atom is 2.00 e. The van der Waals surface area contributed by atoms with E-state index in [4.69, 9.17) is 0 Å². The second-order valence-corrected chi connectivity index (χ2v) is 2.43. The molecule has 0 rings (SSSR count). The minimum atomic E-state index is -0.396. The van der Waals surface area contributed by atoms with Crippen molar-refractivity contribution in [1.29, 1.82) is 0 Å². The Balaban J connectivity index is -0.000000218. The van der Waals surface area contributed by atoms with Gasteiger partial charge in [0.25, 0.3) is 11.9 Å². The molecule has 5 heteroatoms. The zero-order valence-electron chi connectivity index (χ0n) is 10.5. The van der Waals surface area contributed by atoms with E-state index >= 15 is 0 Å². The molecule has 0 aromatic carbocycles. The van der Waals surface area contributed by atoms with Gasteiger partial charge in [-0.3, -0.25) is 0 Å². The van der Waals surface area contributed by atoms with Crippen molar-refractivity contribution in [3.63, 3.8) is 0 Å². The van der Waals surface area contributed by atoms with Crippen LogP contribution in [0.5, 0.6) is 0 Å². The van der Waals surface area contributed by atoms with Crippen molar-refractivity contribution < 1.29 is 19.1 Å². The number of carbonyl (C=O) groups is 2. The summed E-state index contributed by atoms with van der Waals surface area (Å²) in [6, 6.07) is 0. The fourth-order valence-corrected chi connectivity index (χ4v) is 0.427. The summed E-state index contributed by atoms with van der Waals surface area (Å²) < 4.78 is 8.92. The van der Waals surface area contributed by atoms with Gasteiger partial charge in [0, 0.05) is 12.2 Å². The van der Waals surface area contributed by atoms with Crippen LogP contribution in [0.2, 0.25) is 0 Å². The molecule has 0 atom stereocenters. The van der Waals surface area contributed by atoms with E-state index in [-0.39, 0.29) is 23.1 Å². The number of ether oxygens (including phenoxy) is 2. The molecule has 0 aliphatic carbocycles. The predicted molar refractivity (Wildman–Crippen MR) is 67.5 cm³/mol. The van der Waals surface area contributed by atoms with Crippen molar-refractivity contribution >= 4 is 35.0 Å². The third kappa shape index (κ3) is 21.1. The first-order chi connectivity index (χ1) is 7.62. The second kappa shape index (κ2) is 17.6. The molecule has 0 aliphatic rings. The molecule has 0 radical (unpaired) electrons. The van der Waals surface area contributed by atoms with E-state index in [0.29, 0.717) is 0 Å². The van der Waals surface area contributed by atoms with Crippen molar-refractivity contribution in [2.45, 2.75) is 26.7 Å². The zero-order chi connectivity index (χ0) is 12.8. The number of rotatable bonds is 6. The second-order valence-electron chi connectivity index (χ2n) is 2.43. The molecule has 0 aromatic rings. The van der Waals surface area contributed by atoms with Gasteiger partial charge in [-0.2, -0.15) is 13.2 Å². The van der Waals surface area contributed by atoms with E-state index in [1.165, 1.54) is 13.2 Å². The minimum absolute atomic E-state index is 0. The van der Waals surface area contributed by atoms with Crippen LogP contribution in [-0.2, 0) is 19.1 Å². The monoisotopic (exact) mass is 250 g/mol. The van der Waals surface area contributed by atoms with Crippen molar-refractivity contribution in [2.75, 3.05) is 0 Å². The summed E-state index contributed by atoms with van der Waals surface area (Å²) in [6.45, 7) is 13.1. The Kier molecular flexibility index (Phi) is 22.2. The van der Waals surface area contributed by atoms with Crippen LogP contribution < -0.4 is 0 Å². The average molecular weight is 251 g/mol. The fourth-order valence-electron chi connectivity index (χ4n) is 0.427. The standard InChI is InChI=1S/2C6H9O2.Mg/c2*1-3-5-8-6(7)4-2;/h2*4-5H,2-3H2,1H3;/q2*-1;+2. The van der Waals surface area contributed by atoms with Gasteiger partial charge in [0.15, 0.2) is 0 Å². The van der Waals surface area contributed by atoms with Gasteiger partial charge < -0.3 is 9.47 Å². The maximum atomic E-state index is 10.2. The molecule has 0 unspecified atom stereocenters. The Morgan fingerprint density at radius 3 is 1.47 bits per heavy atom. The summed E-state index contributed by atoms with van der Waals surface area (Å²) in [7, 11) is 0. The summed E-state index contributed by atoms with van der Waals surface area (Å²) >= 11 is 0. The Labute approximate surface area is 119 Å². The van der Waals surface area contributed by atoms with Crippen LogP contribution in [0.25, 0.3) is 0 Å². The van der Waals surface area contributed by atoms with Crippen molar-refractivity contribution in [2.24, 2.45) is 0 Å². The molecule has 0 saturated carbocycles. The third-order valence-electron chi connectivity index (χ3n) is 1.07. The maximum absolute atomic E-state index is 10.2. The van der Waals surface area contributed by atoms with E-state index in [1.807, 2.05) is 13.8 Å². The quantitative estimate of drug-likeness (QED) is 0.314. The van der Waals surface area contributed by atoms with E-state index in [0.717, 1.165) is 25.0 Å². The third-order valence-corrected chi connectivity index (χ3v) is 1.07. The first kappa shape index (κ1) is 21.5. The van der Waals surface area contributed by atoms with Crippen molar-refractivity contribution in [3.05, 3.63) is 38.5 Å². The molecule has 0 saturated heterocycles. The van der Waals surface area contributed by atoms with Gasteiger partial charge in [-0.25, -0.2) is 9.59 Å². The van der Waals surface area contributed by atoms with Gasteiger partial charge in [-0.05, 0) is 0 Å². The molecule has 0 aliphatic heterocycles. The number of hydrogen-bond donors (Lipinski definition) is 0. The predicted octanol–water partition coefficient (Wildman–Crippen LogP) is 2.19. The van der Waals surface area contributed by atoms with Gasteiger partial charge >= 0.3 is 23.1 Å². The summed E-state index contributed by atoms with van der Waals surface area (Å²) in [4.78, 5) is 20.4. The molecule has 17 heavy (non-hydrogen) atoms. The summed E-state index contributed by atoms with van der Waals surface area (Å²) in [5.74, 6) is -0.793. The molecule has 0 N–H and O–H groups in total. The van der Waals surface area contributed by atoms with Crippen LogP contribution in [0.3, 0.4) is 0 Å². The normalized spacial score (nSPS) is 7.65. The van der Waals surface area contributed by atoms with Gasteiger partial charge in [-0.1, -0.05) is 27.0 Å². The largest absolute Gasteiger partial charge is 2.00 e. The molecule has 0 heterocycles. The molecule has 0 fully saturated rings. The van der Waals surface area contributed by atoms with Crippen LogP contribution >= 0.6 is 0 Å². The van der Waals surface area contributed by atoms with Crippen LogP contribution in [-0.4, -0.2) is 35.0 Å². The van der Waals surface area contributed by atoms with Crippen LogP contribution in [0.1, 0.15) is 26.7 Å². The fraction of sp³-hybridized carbons (Fsp3) is 0.333. The molecule has 0 bridgehead atoms.